The van der Waals surface area contributed by atoms with E-state index in [0.29, 0.717) is 12.6 Å². The zero-order chi connectivity index (χ0) is 14.6. The molecule has 0 unspecified atom stereocenters. The summed E-state index contributed by atoms with van der Waals surface area (Å²) in [5.74, 6) is 0. The number of rotatable bonds is 4. The molecular formula is C14H25N5O. The Morgan fingerprint density at radius 1 is 1.50 bits per heavy atom. The number of carbonyl (C=O) groups excluding carboxylic acids is 1. The van der Waals surface area contributed by atoms with Crippen molar-refractivity contribution in [3.8, 4) is 0 Å². The van der Waals surface area contributed by atoms with Crippen LogP contribution in [0, 0.1) is 5.41 Å². The molecule has 0 bridgehead atoms. The van der Waals surface area contributed by atoms with E-state index in [9.17, 15) is 4.79 Å². The second kappa shape index (κ2) is 6.26. The number of nitrogens with one attached hydrogen (secondary N) is 3. The van der Waals surface area contributed by atoms with Crippen LogP contribution in [-0.4, -0.2) is 35.4 Å². The fraction of sp³-hybridized carbons (Fsp3) is 0.714. The van der Waals surface area contributed by atoms with Crippen LogP contribution < -0.4 is 16.0 Å². The van der Waals surface area contributed by atoms with Gasteiger partial charge in [0.15, 0.2) is 0 Å². The minimum atomic E-state index is -0.159. The molecule has 0 atom stereocenters. The molecular weight excluding hydrogens is 254 g/mol. The van der Waals surface area contributed by atoms with E-state index in [1.165, 1.54) is 0 Å². The van der Waals surface area contributed by atoms with E-state index in [2.05, 4.69) is 41.8 Å². The van der Waals surface area contributed by atoms with Crippen LogP contribution in [-0.2, 0) is 0 Å². The van der Waals surface area contributed by atoms with Gasteiger partial charge in [-0.25, -0.2) is 4.79 Å². The second-order valence-electron chi connectivity index (χ2n) is 6.17. The molecule has 1 saturated heterocycles. The van der Waals surface area contributed by atoms with Crippen molar-refractivity contribution in [3.63, 3.8) is 0 Å². The number of urea groups is 1. The molecule has 1 aromatic rings. The van der Waals surface area contributed by atoms with Crippen molar-refractivity contribution in [2.24, 2.45) is 5.41 Å². The first-order valence-electron chi connectivity index (χ1n) is 7.28. The first kappa shape index (κ1) is 14.8. The third kappa shape index (κ3) is 3.96. The number of hydrogen-bond acceptors (Lipinski definition) is 3. The van der Waals surface area contributed by atoms with E-state index in [4.69, 9.17) is 0 Å². The van der Waals surface area contributed by atoms with Crippen LogP contribution >= 0.6 is 0 Å². The van der Waals surface area contributed by atoms with Gasteiger partial charge in [-0.3, -0.25) is 4.68 Å². The van der Waals surface area contributed by atoms with Gasteiger partial charge in [0.1, 0.15) is 0 Å². The molecule has 6 nitrogen and oxygen atoms in total. The highest BCUT2D eigenvalue weighted by molar-refractivity contribution is 5.88. The molecule has 2 amide bonds. The number of hydrogen-bond donors (Lipinski definition) is 3. The number of amides is 2. The maximum Gasteiger partial charge on any atom is 0.319 e. The summed E-state index contributed by atoms with van der Waals surface area (Å²) in [6.07, 6.45) is 5.71. The Balaban J connectivity index is 1.79. The highest BCUT2D eigenvalue weighted by Gasteiger charge is 2.26. The lowest BCUT2D eigenvalue weighted by atomic mass is 9.81. The largest absolute Gasteiger partial charge is 0.337 e. The van der Waals surface area contributed by atoms with Gasteiger partial charge in [0.05, 0.1) is 11.9 Å². The van der Waals surface area contributed by atoms with Gasteiger partial charge in [0.2, 0.25) is 0 Å². The highest BCUT2D eigenvalue weighted by Crippen LogP contribution is 2.26. The molecule has 0 aliphatic carbocycles. The van der Waals surface area contributed by atoms with E-state index in [1.54, 1.807) is 6.20 Å². The Labute approximate surface area is 120 Å². The molecule has 3 N–H and O–H groups in total. The Kier molecular flexibility index (Phi) is 4.65. The summed E-state index contributed by atoms with van der Waals surface area (Å²) >= 11 is 0. The molecule has 0 radical (unpaired) electrons. The molecule has 20 heavy (non-hydrogen) atoms. The van der Waals surface area contributed by atoms with Crippen molar-refractivity contribution < 1.29 is 4.79 Å². The average molecular weight is 279 g/mol. The van der Waals surface area contributed by atoms with E-state index >= 15 is 0 Å². The van der Waals surface area contributed by atoms with Crippen LogP contribution in [0.15, 0.2) is 12.4 Å². The summed E-state index contributed by atoms with van der Waals surface area (Å²) in [7, 11) is 0. The monoisotopic (exact) mass is 279 g/mol. The van der Waals surface area contributed by atoms with Crippen LogP contribution in [0.1, 0.15) is 39.7 Å². The fourth-order valence-electron chi connectivity index (χ4n) is 2.36. The van der Waals surface area contributed by atoms with Gasteiger partial charge in [0, 0.05) is 18.8 Å². The fourth-order valence-corrected chi connectivity index (χ4v) is 2.36. The first-order valence-corrected chi connectivity index (χ1v) is 7.28. The summed E-state index contributed by atoms with van der Waals surface area (Å²) in [6, 6.07) is 0.135. The minimum absolute atomic E-state index is 0.159. The van der Waals surface area contributed by atoms with Crippen LogP contribution in [0.2, 0.25) is 0 Å². The maximum atomic E-state index is 11.9. The summed E-state index contributed by atoms with van der Waals surface area (Å²) in [5.41, 5.74) is 0.928. The number of nitrogens with zero attached hydrogens (tertiary/aromatic N) is 2. The lowest BCUT2D eigenvalue weighted by molar-refractivity contribution is 0.213. The Morgan fingerprint density at radius 3 is 2.80 bits per heavy atom. The second-order valence-corrected chi connectivity index (χ2v) is 6.17. The molecule has 2 heterocycles. The lowest BCUT2D eigenvalue weighted by Gasteiger charge is -2.34. The highest BCUT2D eigenvalue weighted by atomic mass is 16.2. The molecule has 6 heteroatoms. The van der Waals surface area contributed by atoms with Gasteiger partial charge < -0.3 is 16.0 Å². The van der Waals surface area contributed by atoms with Gasteiger partial charge in [-0.2, -0.15) is 5.10 Å². The van der Waals surface area contributed by atoms with Gasteiger partial charge in [-0.05, 0) is 45.2 Å². The third-order valence-electron chi connectivity index (χ3n) is 3.87. The third-order valence-corrected chi connectivity index (χ3v) is 3.87. The first-order chi connectivity index (χ1) is 9.48. The van der Waals surface area contributed by atoms with Gasteiger partial charge in [-0.1, -0.05) is 6.92 Å². The molecule has 1 aromatic heterocycles. The average Bonchev–Trinajstić information content (AvgIpc) is 2.86. The lowest BCUT2D eigenvalue weighted by Crippen LogP contribution is -2.43. The van der Waals surface area contributed by atoms with Crippen LogP contribution in [0.5, 0.6) is 0 Å². The van der Waals surface area contributed by atoms with Gasteiger partial charge in [0.25, 0.3) is 0 Å². The van der Waals surface area contributed by atoms with Crippen molar-refractivity contribution in [2.45, 2.75) is 39.7 Å². The van der Waals surface area contributed by atoms with E-state index in [0.717, 1.165) is 31.6 Å². The van der Waals surface area contributed by atoms with Gasteiger partial charge >= 0.3 is 6.03 Å². The normalized spacial score (nSPS) is 18.0. The molecule has 1 aliphatic rings. The van der Waals surface area contributed by atoms with Crippen molar-refractivity contribution in [1.29, 1.82) is 0 Å². The quantitative estimate of drug-likeness (QED) is 0.789. The van der Waals surface area contributed by atoms with Crippen LogP contribution in [0.3, 0.4) is 0 Å². The molecule has 2 rings (SSSR count). The van der Waals surface area contributed by atoms with E-state index < -0.39 is 0 Å². The number of aromatic nitrogens is 2. The summed E-state index contributed by atoms with van der Waals surface area (Å²) in [6.45, 7) is 9.09. The smallest absolute Gasteiger partial charge is 0.319 e. The molecule has 1 fully saturated rings. The topological polar surface area (TPSA) is 71.0 Å². The van der Waals surface area contributed by atoms with Crippen LogP contribution in [0.4, 0.5) is 10.5 Å². The molecule has 0 saturated carbocycles. The summed E-state index contributed by atoms with van der Waals surface area (Å²) in [5, 5.41) is 13.3. The molecule has 112 valence electrons. The van der Waals surface area contributed by atoms with Crippen molar-refractivity contribution in [2.75, 3.05) is 25.0 Å². The molecule has 0 spiro atoms. The SMILES string of the molecule is CC(C)n1cc(NC(=O)NCC2(C)CCNCC2)cn1. The zero-order valence-corrected chi connectivity index (χ0v) is 12.6. The maximum absolute atomic E-state index is 11.9. The standard InChI is InChI=1S/C14H25N5O/c1-11(2)19-9-12(8-17-19)18-13(20)16-10-14(3)4-6-15-7-5-14/h8-9,11,15H,4-7,10H2,1-3H3,(H2,16,18,20). The predicted octanol–water partition coefficient (Wildman–Crippen LogP) is 1.98. The van der Waals surface area contributed by atoms with Crippen molar-refractivity contribution in [3.05, 3.63) is 12.4 Å². The Hall–Kier alpha value is -1.56. The van der Waals surface area contributed by atoms with E-state index in [1.807, 2.05) is 10.9 Å². The summed E-state index contributed by atoms with van der Waals surface area (Å²) in [4.78, 5) is 11.9. The number of anilines is 1. The predicted molar refractivity (Wildman–Crippen MR) is 79.8 cm³/mol. The molecule has 1 aliphatic heterocycles. The van der Waals surface area contributed by atoms with Crippen molar-refractivity contribution >= 4 is 11.7 Å². The Morgan fingerprint density at radius 2 is 2.20 bits per heavy atom. The zero-order valence-electron chi connectivity index (χ0n) is 12.6. The Bertz CT molecular complexity index is 448. The minimum Gasteiger partial charge on any atom is -0.337 e. The number of piperidine rings is 1. The number of carbonyl (C=O) groups is 1. The van der Waals surface area contributed by atoms with Crippen molar-refractivity contribution in [1.82, 2.24) is 20.4 Å². The summed E-state index contributed by atoms with van der Waals surface area (Å²) < 4.78 is 1.82. The van der Waals surface area contributed by atoms with Gasteiger partial charge in [-0.15, -0.1) is 0 Å². The molecule has 0 aromatic carbocycles. The van der Waals surface area contributed by atoms with Crippen LogP contribution in [0.25, 0.3) is 0 Å². The van der Waals surface area contributed by atoms with E-state index in [-0.39, 0.29) is 11.4 Å².